The monoisotopic (exact) mass is 325 g/mol. The highest BCUT2D eigenvalue weighted by Crippen LogP contribution is 2.33. The summed E-state index contributed by atoms with van der Waals surface area (Å²) >= 11 is 0. The van der Waals surface area contributed by atoms with Crippen LogP contribution in [0.4, 0.5) is 0 Å². The van der Waals surface area contributed by atoms with E-state index in [0.29, 0.717) is 0 Å². The summed E-state index contributed by atoms with van der Waals surface area (Å²) in [6.45, 7) is 4.82. The van der Waals surface area contributed by atoms with E-state index in [0.717, 1.165) is 52.6 Å². The van der Waals surface area contributed by atoms with Gasteiger partial charge in [0.15, 0.2) is 0 Å². The Kier molecular flexibility index (Phi) is 4.39. The summed E-state index contributed by atoms with van der Waals surface area (Å²) in [6.07, 6.45) is 8.53. The van der Waals surface area contributed by atoms with Gasteiger partial charge in [0.2, 0.25) is 0 Å². The van der Waals surface area contributed by atoms with Crippen LogP contribution in [-0.2, 0) is 23.8 Å². The van der Waals surface area contributed by atoms with Crippen molar-refractivity contribution in [1.29, 1.82) is 5.41 Å². The Hall–Kier alpha value is -2.27. The fraction of sp³-hybridized carbons (Fsp3) is 0.222. The highest BCUT2D eigenvalue weighted by Gasteiger charge is 2.23. The second-order valence-corrected chi connectivity index (χ2v) is 6.83. The molecule has 23 heavy (non-hydrogen) atoms. The van der Waals surface area contributed by atoms with E-state index in [-0.39, 0.29) is 0 Å². The van der Waals surface area contributed by atoms with Crippen LogP contribution in [0, 0.1) is 5.41 Å². The fourth-order valence-electron chi connectivity index (χ4n) is 2.96. The summed E-state index contributed by atoms with van der Waals surface area (Å²) in [4.78, 5) is 5.62. The van der Waals surface area contributed by atoms with E-state index < -0.39 is 10.8 Å². The van der Waals surface area contributed by atoms with Gasteiger partial charge in [-0.15, -0.1) is 0 Å². The molecule has 0 saturated heterocycles. The molecule has 0 spiro atoms. The second-order valence-electron chi connectivity index (χ2n) is 5.45. The topological polar surface area (TPSA) is 58.7 Å². The Labute approximate surface area is 138 Å². The van der Waals surface area contributed by atoms with Crippen LogP contribution in [0.15, 0.2) is 47.9 Å². The van der Waals surface area contributed by atoms with Crippen LogP contribution in [0.1, 0.15) is 17.9 Å². The SMILES string of the molecule is C=C/C(=C\C=N)c1c(-c2ccc(S(C)=O)cc2)nc2n1CCC2. The molecule has 0 radical (unpaired) electrons. The van der Waals surface area contributed by atoms with Gasteiger partial charge in [0.05, 0.1) is 11.4 Å². The van der Waals surface area contributed by atoms with Crippen LogP contribution in [0.2, 0.25) is 0 Å². The summed E-state index contributed by atoms with van der Waals surface area (Å²) in [5.41, 5.74) is 3.81. The lowest BCUT2D eigenvalue weighted by molar-refractivity contribution is 0.687. The molecule has 1 aliphatic heterocycles. The standard InChI is InChI=1S/C18H19N3OS/c1-3-13(10-11-19)18-17(20-16-5-4-12-21(16)18)14-6-8-15(9-7-14)23(2)22/h3,6-11,19H,1,4-5,12H2,2H3/b13-10+,19-11?. The summed E-state index contributed by atoms with van der Waals surface area (Å²) in [5, 5.41) is 7.37. The number of aryl methyl sites for hydroxylation is 1. The van der Waals surface area contributed by atoms with Gasteiger partial charge in [-0.05, 0) is 24.6 Å². The lowest BCUT2D eigenvalue weighted by Crippen LogP contribution is -1.99. The molecule has 1 N–H and O–H groups in total. The fourth-order valence-corrected chi connectivity index (χ4v) is 3.48. The molecule has 2 heterocycles. The molecular weight excluding hydrogens is 306 g/mol. The van der Waals surface area contributed by atoms with Crippen molar-refractivity contribution in [3.05, 3.63) is 54.5 Å². The minimum absolute atomic E-state index is 0.807. The Morgan fingerprint density at radius 2 is 2.13 bits per heavy atom. The van der Waals surface area contributed by atoms with Gasteiger partial charge in [-0.25, -0.2) is 4.98 Å². The Morgan fingerprint density at radius 3 is 2.74 bits per heavy atom. The zero-order valence-corrected chi connectivity index (χ0v) is 13.9. The van der Waals surface area contributed by atoms with Crippen LogP contribution in [0.3, 0.4) is 0 Å². The zero-order valence-electron chi connectivity index (χ0n) is 13.1. The molecule has 1 unspecified atom stereocenters. The molecule has 0 amide bonds. The van der Waals surface area contributed by atoms with Gasteiger partial charge >= 0.3 is 0 Å². The summed E-state index contributed by atoms with van der Waals surface area (Å²) in [5.74, 6) is 1.08. The first kappa shape index (κ1) is 15.6. The number of hydrogen-bond donors (Lipinski definition) is 1. The molecule has 0 aliphatic carbocycles. The van der Waals surface area contributed by atoms with Crippen LogP contribution in [-0.4, -0.2) is 26.2 Å². The number of hydrogen-bond acceptors (Lipinski definition) is 3. The average molecular weight is 325 g/mol. The van der Waals surface area contributed by atoms with Gasteiger partial charge in [0.1, 0.15) is 5.82 Å². The molecule has 1 aliphatic rings. The molecule has 0 bridgehead atoms. The molecule has 5 heteroatoms. The number of imidazole rings is 1. The number of aromatic nitrogens is 2. The van der Waals surface area contributed by atoms with E-state index in [9.17, 15) is 4.21 Å². The van der Waals surface area contributed by atoms with E-state index in [1.165, 1.54) is 6.21 Å². The van der Waals surface area contributed by atoms with Crippen LogP contribution in [0.25, 0.3) is 16.8 Å². The van der Waals surface area contributed by atoms with Crippen molar-refractivity contribution in [1.82, 2.24) is 9.55 Å². The summed E-state index contributed by atoms with van der Waals surface area (Å²) in [6, 6.07) is 7.69. The number of fused-ring (bicyclic) bond motifs is 1. The molecule has 2 aromatic rings. The maximum atomic E-state index is 11.6. The third-order valence-electron chi connectivity index (χ3n) is 4.04. The van der Waals surface area contributed by atoms with E-state index in [1.807, 2.05) is 24.3 Å². The van der Waals surface area contributed by atoms with Gasteiger partial charge in [-0.3, -0.25) is 4.21 Å². The van der Waals surface area contributed by atoms with Crippen molar-refractivity contribution < 1.29 is 4.21 Å². The van der Waals surface area contributed by atoms with E-state index in [1.54, 1.807) is 18.4 Å². The highest BCUT2D eigenvalue weighted by atomic mass is 32.2. The molecule has 1 aromatic heterocycles. The first-order chi connectivity index (χ1) is 11.2. The largest absolute Gasteiger partial charge is 0.327 e. The van der Waals surface area contributed by atoms with Crippen LogP contribution >= 0.6 is 0 Å². The second kappa shape index (κ2) is 6.46. The highest BCUT2D eigenvalue weighted by molar-refractivity contribution is 7.84. The normalized spacial score (nSPS) is 15.3. The molecule has 118 valence electrons. The Balaban J connectivity index is 2.16. The van der Waals surface area contributed by atoms with Crippen molar-refractivity contribution in [3.63, 3.8) is 0 Å². The molecule has 1 atom stereocenters. The molecule has 0 saturated carbocycles. The third-order valence-corrected chi connectivity index (χ3v) is 4.98. The molecule has 3 rings (SSSR count). The molecule has 0 fully saturated rings. The average Bonchev–Trinajstić information content (AvgIpc) is 3.14. The maximum Gasteiger partial charge on any atom is 0.109 e. The lowest BCUT2D eigenvalue weighted by atomic mass is 10.0. The van der Waals surface area contributed by atoms with E-state index in [2.05, 4.69) is 11.1 Å². The molecular formula is C18H19N3OS. The van der Waals surface area contributed by atoms with Crippen LogP contribution < -0.4 is 0 Å². The van der Waals surface area contributed by atoms with Crippen molar-refractivity contribution in [2.24, 2.45) is 0 Å². The Morgan fingerprint density at radius 1 is 1.39 bits per heavy atom. The minimum atomic E-state index is -0.985. The Bertz CT molecular complexity index is 816. The lowest BCUT2D eigenvalue weighted by Gasteiger charge is -2.09. The van der Waals surface area contributed by atoms with E-state index >= 15 is 0 Å². The number of nitrogens with one attached hydrogen (secondary N) is 1. The van der Waals surface area contributed by atoms with Crippen molar-refractivity contribution in [3.8, 4) is 11.3 Å². The maximum absolute atomic E-state index is 11.6. The quantitative estimate of drug-likeness (QED) is 0.676. The smallest absolute Gasteiger partial charge is 0.109 e. The minimum Gasteiger partial charge on any atom is -0.327 e. The molecule has 1 aromatic carbocycles. The summed E-state index contributed by atoms with van der Waals surface area (Å²) < 4.78 is 13.8. The molecule has 4 nitrogen and oxygen atoms in total. The number of rotatable bonds is 5. The van der Waals surface area contributed by atoms with E-state index in [4.69, 9.17) is 10.4 Å². The third kappa shape index (κ3) is 2.84. The van der Waals surface area contributed by atoms with Gasteiger partial charge in [0, 0.05) is 52.3 Å². The van der Waals surface area contributed by atoms with Crippen LogP contribution in [0.5, 0.6) is 0 Å². The van der Waals surface area contributed by atoms with Gasteiger partial charge < -0.3 is 9.98 Å². The van der Waals surface area contributed by atoms with Gasteiger partial charge in [0.25, 0.3) is 0 Å². The first-order valence-electron chi connectivity index (χ1n) is 7.52. The van der Waals surface area contributed by atoms with Gasteiger partial charge in [-0.2, -0.15) is 0 Å². The predicted octanol–water partition coefficient (Wildman–Crippen LogP) is 3.45. The predicted molar refractivity (Wildman–Crippen MR) is 95.3 cm³/mol. The summed E-state index contributed by atoms with van der Waals surface area (Å²) in [7, 11) is -0.985. The zero-order chi connectivity index (χ0) is 16.4. The van der Waals surface area contributed by atoms with Gasteiger partial charge in [-0.1, -0.05) is 24.8 Å². The van der Waals surface area contributed by atoms with Crippen molar-refractivity contribution in [2.45, 2.75) is 24.3 Å². The number of benzene rings is 1. The van der Waals surface area contributed by atoms with Crippen molar-refractivity contribution >= 4 is 22.6 Å². The van der Waals surface area contributed by atoms with Crippen molar-refractivity contribution in [2.75, 3.05) is 6.26 Å². The number of allylic oxidation sites excluding steroid dienone is 3. The first-order valence-corrected chi connectivity index (χ1v) is 9.08. The number of nitrogens with zero attached hydrogens (tertiary/aromatic N) is 2.